The van der Waals surface area contributed by atoms with E-state index in [9.17, 15) is 13.2 Å². The van der Waals surface area contributed by atoms with Gasteiger partial charge in [-0.1, -0.05) is 6.92 Å². The summed E-state index contributed by atoms with van der Waals surface area (Å²) in [7, 11) is -3.12. The number of nitrogens with one attached hydrogen (secondary N) is 2. The van der Waals surface area contributed by atoms with E-state index in [1.54, 1.807) is 0 Å². The van der Waals surface area contributed by atoms with E-state index in [1.165, 1.54) is 10.6 Å². The van der Waals surface area contributed by atoms with Crippen molar-refractivity contribution >= 4 is 15.9 Å². The zero-order valence-corrected chi connectivity index (χ0v) is 11.9. The van der Waals surface area contributed by atoms with Crippen molar-refractivity contribution in [2.75, 3.05) is 32.4 Å². The van der Waals surface area contributed by atoms with Crippen molar-refractivity contribution in [1.29, 1.82) is 0 Å². The lowest BCUT2D eigenvalue weighted by molar-refractivity contribution is -0.122. The molecular weight excluding hydrogens is 254 g/mol. The van der Waals surface area contributed by atoms with Gasteiger partial charge < -0.3 is 10.6 Å². The Kier molecular flexibility index (Phi) is 6.04. The number of carbonyl (C=O) groups is 1. The minimum absolute atomic E-state index is 0.0231. The highest BCUT2D eigenvalue weighted by Crippen LogP contribution is 2.04. The van der Waals surface area contributed by atoms with Gasteiger partial charge in [-0.3, -0.25) is 4.79 Å². The van der Waals surface area contributed by atoms with Gasteiger partial charge in [-0.15, -0.1) is 0 Å². The van der Waals surface area contributed by atoms with Crippen molar-refractivity contribution in [2.24, 2.45) is 0 Å². The SMILES string of the molecule is CCN(CCCNC(=O)[C@@H]1CCCN1)S(C)(=O)=O. The van der Waals surface area contributed by atoms with E-state index in [4.69, 9.17) is 0 Å². The summed E-state index contributed by atoms with van der Waals surface area (Å²) in [5.41, 5.74) is 0. The number of nitrogens with zero attached hydrogens (tertiary/aromatic N) is 1. The summed E-state index contributed by atoms with van der Waals surface area (Å²) in [5.74, 6) is 0.0231. The normalized spacial score (nSPS) is 20.3. The molecule has 2 N–H and O–H groups in total. The standard InChI is InChI=1S/C11H23N3O3S/c1-3-14(18(2,16)17)9-5-8-13-11(15)10-6-4-7-12-10/h10,12H,3-9H2,1-2H3,(H,13,15)/t10-/m0/s1. The van der Waals surface area contributed by atoms with Gasteiger partial charge >= 0.3 is 0 Å². The van der Waals surface area contributed by atoms with Gasteiger partial charge in [0.25, 0.3) is 0 Å². The summed E-state index contributed by atoms with van der Waals surface area (Å²) in [6.07, 6.45) is 3.77. The van der Waals surface area contributed by atoms with Crippen LogP contribution in [0.25, 0.3) is 0 Å². The topological polar surface area (TPSA) is 78.5 Å². The highest BCUT2D eigenvalue weighted by Gasteiger charge is 2.21. The highest BCUT2D eigenvalue weighted by atomic mass is 32.2. The monoisotopic (exact) mass is 277 g/mol. The van der Waals surface area contributed by atoms with E-state index in [-0.39, 0.29) is 11.9 Å². The molecule has 0 spiro atoms. The van der Waals surface area contributed by atoms with Crippen molar-refractivity contribution in [2.45, 2.75) is 32.2 Å². The Bertz CT molecular complexity index is 364. The molecule has 6 nitrogen and oxygen atoms in total. The number of rotatable bonds is 7. The molecule has 1 rings (SSSR count). The molecular formula is C11H23N3O3S. The van der Waals surface area contributed by atoms with Gasteiger partial charge in [0.05, 0.1) is 12.3 Å². The van der Waals surface area contributed by atoms with Crippen molar-refractivity contribution in [1.82, 2.24) is 14.9 Å². The van der Waals surface area contributed by atoms with Crippen LogP contribution in [0.15, 0.2) is 0 Å². The van der Waals surface area contributed by atoms with Crippen LogP contribution in [0, 0.1) is 0 Å². The predicted molar refractivity (Wildman–Crippen MR) is 70.7 cm³/mol. The molecule has 1 heterocycles. The molecule has 0 saturated carbocycles. The maximum absolute atomic E-state index is 11.7. The second-order valence-corrected chi connectivity index (χ2v) is 6.53. The second kappa shape index (κ2) is 7.06. The van der Waals surface area contributed by atoms with Crippen molar-refractivity contribution in [3.8, 4) is 0 Å². The molecule has 0 aromatic rings. The van der Waals surface area contributed by atoms with E-state index >= 15 is 0 Å². The van der Waals surface area contributed by atoms with Crippen LogP contribution in [0.3, 0.4) is 0 Å². The van der Waals surface area contributed by atoms with Crippen LogP contribution in [0.2, 0.25) is 0 Å². The Hall–Kier alpha value is -0.660. The smallest absolute Gasteiger partial charge is 0.237 e. The first kappa shape index (κ1) is 15.4. The average molecular weight is 277 g/mol. The lowest BCUT2D eigenvalue weighted by Gasteiger charge is -2.18. The Balaban J connectivity index is 2.19. The van der Waals surface area contributed by atoms with E-state index in [0.29, 0.717) is 26.1 Å². The molecule has 0 bridgehead atoms. The Morgan fingerprint density at radius 3 is 2.72 bits per heavy atom. The van der Waals surface area contributed by atoms with Crippen LogP contribution in [-0.4, -0.2) is 57.1 Å². The number of amides is 1. The minimum atomic E-state index is -3.12. The van der Waals surface area contributed by atoms with Crippen LogP contribution in [-0.2, 0) is 14.8 Å². The fraction of sp³-hybridized carbons (Fsp3) is 0.909. The van der Waals surface area contributed by atoms with Crippen molar-refractivity contribution in [3.05, 3.63) is 0 Å². The summed E-state index contributed by atoms with van der Waals surface area (Å²) in [6, 6.07) is -0.0674. The summed E-state index contributed by atoms with van der Waals surface area (Å²) in [4.78, 5) is 11.7. The molecule has 7 heteroatoms. The number of sulfonamides is 1. The maximum atomic E-state index is 11.7. The van der Waals surface area contributed by atoms with Gasteiger partial charge in [-0.25, -0.2) is 12.7 Å². The quantitative estimate of drug-likeness (QED) is 0.617. The first-order chi connectivity index (χ1) is 8.45. The molecule has 0 radical (unpaired) electrons. The number of hydrogen-bond acceptors (Lipinski definition) is 4. The first-order valence-corrected chi connectivity index (χ1v) is 8.26. The third-order valence-electron chi connectivity index (χ3n) is 3.08. The first-order valence-electron chi connectivity index (χ1n) is 6.41. The molecule has 1 amide bonds. The molecule has 0 unspecified atom stereocenters. The van der Waals surface area contributed by atoms with E-state index in [0.717, 1.165) is 19.4 Å². The third kappa shape index (κ3) is 4.91. The molecule has 1 atom stereocenters. The van der Waals surface area contributed by atoms with Crippen LogP contribution in [0.1, 0.15) is 26.2 Å². The lowest BCUT2D eigenvalue weighted by Crippen LogP contribution is -2.41. The molecule has 18 heavy (non-hydrogen) atoms. The second-order valence-electron chi connectivity index (χ2n) is 4.55. The maximum Gasteiger partial charge on any atom is 0.237 e. The summed E-state index contributed by atoms with van der Waals surface area (Å²) < 4.78 is 24.1. The van der Waals surface area contributed by atoms with Crippen molar-refractivity contribution in [3.63, 3.8) is 0 Å². The highest BCUT2D eigenvalue weighted by molar-refractivity contribution is 7.88. The zero-order valence-electron chi connectivity index (χ0n) is 11.1. The Morgan fingerprint density at radius 2 is 2.22 bits per heavy atom. The van der Waals surface area contributed by atoms with Gasteiger partial charge in [0.15, 0.2) is 0 Å². The fourth-order valence-electron chi connectivity index (χ4n) is 2.06. The zero-order chi connectivity index (χ0) is 13.6. The van der Waals surface area contributed by atoms with Crippen LogP contribution in [0.4, 0.5) is 0 Å². The van der Waals surface area contributed by atoms with Crippen LogP contribution >= 0.6 is 0 Å². The Labute approximate surface area is 109 Å². The van der Waals surface area contributed by atoms with E-state index in [2.05, 4.69) is 10.6 Å². The van der Waals surface area contributed by atoms with Gasteiger partial charge in [-0.05, 0) is 25.8 Å². The molecule has 0 aromatic heterocycles. The Morgan fingerprint density at radius 1 is 1.50 bits per heavy atom. The van der Waals surface area contributed by atoms with E-state index < -0.39 is 10.0 Å². The number of carbonyl (C=O) groups excluding carboxylic acids is 1. The van der Waals surface area contributed by atoms with Gasteiger partial charge in [0.1, 0.15) is 0 Å². The van der Waals surface area contributed by atoms with Gasteiger partial charge in [0, 0.05) is 19.6 Å². The molecule has 0 aromatic carbocycles. The largest absolute Gasteiger partial charge is 0.355 e. The van der Waals surface area contributed by atoms with Crippen molar-refractivity contribution < 1.29 is 13.2 Å². The third-order valence-corrected chi connectivity index (χ3v) is 4.46. The molecule has 1 aliphatic heterocycles. The number of hydrogen-bond donors (Lipinski definition) is 2. The molecule has 106 valence electrons. The molecule has 0 aliphatic carbocycles. The van der Waals surface area contributed by atoms with Gasteiger partial charge in [-0.2, -0.15) is 0 Å². The van der Waals surface area contributed by atoms with E-state index in [1.807, 2.05) is 6.92 Å². The van der Waals surface area contributed by atoms with Crippen LogP contribution < -0.4 is 10.6 Å². The predicted octanol–water partition coefficient (Wildman–Crippen LogP) is -0.474. The minimum Gasteiger partial charge on any atom is -0.355 e. The van der Waals surface area contributed by atoms with Crippen LogP contribution in [0.5, 0.6) is 0 Å². The summed E-state index contributed by atoms with van der Waals surface area (Å²) in [5, 5.41) is 5.96. The van der Waals surface area contributed by atoms with Gasteiger partial charge in [0.2, 0.25) is 15.9 Å². The molecule has 1 saturated heterocycles. The average Bonchev–Trinajstić information content (AvgIpc) is 2.80. The summed E-state index contributed by atoms with van der Waals surface area (Å²) >= 11 is 0. The lowest BCUT2D eigenvalue weighted by atomic mass is 10.2. The fourth-order valence-corrected chi connectivity index (χ4v) is 2.99. The summed E-state index contributed by atoms with van der Waals surface area (Å²) in [6.45, 7) is 4.14. The molecule has 1 fully saturated rings. The molecule has 1 aliphatic rings.